The van der Waals surface area contributed by atoms with Gasteiger partial charge in [0.1, 0.15) is 0 Å². The van der Waals surface area contributed by atoms with Gasteiger partial charge in [-0.15, -0.1) is 0 Å². The molecule has 4 heteroatoms. The Hall–Kier alpha value is -0.000000000000000111. The lowest BCUT2D eigenvalue weighted by atomic mass is 9.90. The van der Waals surface area contributed by atoms with E-state index in [2.05, 4.69) is 52.7 Å². The van der Waals surface area contributed by atoms with Crippen molar-refractivity contribution < 1.29 is 0 Å². The molecule has 0 aliphatic carbocycles. The number of halogens is 2. The van der Waals surface area contributed by atoms with Crippen molar-refractivity contribution in [2.24, 2.45) is 5.92 Å². The van der Waals surface area contributed by atoms with Gasteiger partial charge < -0.3 is 10.2 Å². The molecule has 2 rings (SSSR count). The maximum absolute atomic E-state index is 6.01. The Bertz CT molecular complexity index is 430. The molecule has 1 unspecified atom stereocenters. The van der Waals surface area contributed by atoms with Gasteiger partial charge >= 0.3 is 0 Å². The first-order valence-corrected chi connectivity index (χ1v) is 8.99. The van der Waals surface area contributed by atoms with E-state index in [1.54, 1.807) is 0 Å². The van der Waals surface area contributed by atoms with Gasteiger partial charge in [-0.2, -0.15) is 0 Å². The smallest absolute Gasteiger partial charge is 0.0479 e. The van der Waals surface area contributed by atoms with Gasteiger partial charge in [-0.25, -0.2) is 0 Å². The molecule has 1 aliphatic heterocycles. The minimum Gasteiger partial charge on any atom is -0.381 e. The second-order valence-electron chi connectivity index (χ2n) is 5.74. The summed E-state index contributed by atoms with van der Waals surface area (Å²) in [6.07, 6.45) is 3.87. The number of anilines is 1. The summed E-state index contributed by atoms with van der Waals surface area (Å²) < 4.78 is 1.20. The van der Waals surface area contributed by atoms with Crippen molar-refractivity contribution in [1.82, 2.24) is 4.90 Å². The first-order valence-electron chi connectivity index (χ1n) is 7.54. The van der Waals surface area contributed by atoms with E-state index >= 15 is 0 Å². The van der Waals surface area contributed by atoms with Crippen LogP contribution in [0, 0.1) is 9.49 Å². The summed E-state index contributed by atoms with van der Waals surface area (Å²) in [5.74, 6) is 0.773. The highest BCUT2D eigenvalue weighted by Gasteiger charge is 2.23. The van der Waals surface area contributed by atoms with Crippen molar-refractivity contribution in [3.8, 4) is 0 Å². The Morgan fingerprint density at radius 2 is 2.10 bits per heavy atom. The van der Waals surface area contributed by atoms with Crippen LogP contribution < -0.4 is 5.32 Å². The molecule has 112 valence electrons. The summed E-state index contributed by atoms with van der Waals surface area (Å²) in [6, 6.07) is 6.59. The first-order chi connectivity index (χ1) is 9.60. The van der Waals surface area contributed by atoms with Gasteiger partial charge in [0.15, 0.2) is 0 Å². The molecule has 1 N–H and O–H groups in total. The minimum atomic E-state index is 0.522. The molecule has 1 fully saturated rings. The SMILES string of the molecule is CCCN1CCC(C(C)Nc2ccc(Cl)cc2I)CC1. The van der Waals surface area contributed by atoms with Crippen molar-refractivity contribution >= 4 is 39.9 Å². The lowest BCUT2D eigenvalue weighted by Gasteiger charge is -2.35. The molecule has 0 aromatic heterocycles. The molecule has 1 heterocycles. The summed E-state index contributed by atoms with van der Waals surface area (Å²) in [5.41, 5.74) is 1.21. The summed E-state index contributed by atoms with van der Waals surface area (Å²) in [4.78, 5) is 2.59. The Morgan fingerprint density at radius 3 is 2.70 bits per heavy atom. The summed E-state index contributed by atoms with van der Waals surface area (Å²) in [6.45, 7) is 8.33. The van der Waals surface area contributed by atoms with Crippen molar-refractivity contribution in [1.29, 1.82) is 0 Å². The summed E-state index contributed by atoms with van der Waals surface area (Å²) in [7, 11) is 0. The molecule has 0 spiro atoms. The van der Waals surface area contributed by atoms with E-state index in [-0.39, 0.29) is 0 Å². The first kappa shape index (κ1) is 16.4. The van der Waals surface area contributed by atoms with Gasteiger partial charge in [0, 0.05) is 20.3 Å². The molecule has 2 nitrogen and oxygen atoms in total. The second kappa shape index (κ2) is 7.85. The third-order valence-electron chi connectivity index (χ3n) is 4.19. The van der Waals surface area contributed by atoms with Crippen LogP contribution in [0.25, 0.3) is 0 Å². The highest BCUT2D eigenvalue weighted by atomic mass is 127. The Kier molecular flexibility index (Phi) is 6.43. The average molecular weight is 407 g/mol. The molecule has 0 bridgehead atoms. The van der Waals surface area contributed by atoms with Crippen molar-refractivity contribution in [3.63, 3.8) is 0 Å². The number of hydrogen-bond donors (Lipinski definition) is 1. The van der Waals surface area contributed by atoms with Crippen LogP contribution >= 0.6 is 34.2 Å². The van der Waals surface area contributed by atoms with E-state index in [0.717, 1.165) is 10.9 Å². The number of piperidine rings is 1. The van der Waals surface area contributed by atoms with Gasteiger partial charge in [0.25, 0.3) is 0 Å². The number of nitrogens with one attached hydrogen (secondary N) is 1. The van der Waals surface area contributed by atoms with Crippen molar-refractivity contribution in [3.05, 3.63) is 26.8 Å². The van der Waals surface area contributed by atoms with Crippen LogP contribution in [0.1, 0.15) is 33.1 Å². The third kappa shape index (κ3) is 4.50. The number of benzene rings is 1. The predicted octanol–water partition coefficient (Wildman–Crippen LogP) is 4.87. The molecule has 0 radical (unpaired) electrons. The molecule has 1 aromatic rings. The van der Waals surface area contributed by atoms with Crippen LogP contribution in [-0.4, -0.2) is 30.6 Å². The highest BCUT2D eigenvalue weighted by Crippen LogP contribution is 2.27. The van der Waals surface area contributed by atoms with E-state index in [4.69, 9.17) is 11.6 Å². The Balaban J connectivity index is 1.87. The molecule has 1 atom stereocenters. The highest BCUT2D eigenvalue weighted by molar-refractivity contribution is 14.1. The van der Waals surface area contributed by atoms with E-state index < -0.39 is 0 Å². The molecule has 20 heavy (non-hydrogen) atoms. The fourth-order valence-electron chi connectivity index (χ4n) is 2.96. The zero-order valence-electron chi connectivity index (χ0n) is 12.3. The van der Waals surface area contributed by atoms with Crippen molar-refractivity contribution in [2.45, 2.75) is 39.2 Å². The van der Waals surface area contributed by atoms with Crippen molar-refractivity contribution in [2.75, 3.05) is 25.0 Å². The zero-order chi connectivity index (χ0) is 14.5. The molecule has 0 amide bonds. The fraction of sp³-hybridized carbons (Fsp3) is 0.625. The lowest BCUT2D eigenvalue weighted by Crippen LogP contribution is -2.39. The van der Waals surface area contributed by atoms with Gasteiger partial charge in [0.2, 0.25) is 0 Å². The van der Waals surface area contributed by atoms with Crippen LogP contribution in [0.5, 0.6) is 0 Å². The van der Waals surface area contributed by atoms with Crippen LogP contribution in [0.3, 0.4) is 0 Å². The molecule has 1 aromatic carbocycles. The molecular formula is C16H24ClIN2. The van der Waals surface area contributed by atoms with Gasteiger partial charge in [-0.05, 0) is 92.5 Å². The maximum atomic E-state index is 6.01. The number of rotatable bonds is 5. The van der Waals surface area contributed by atoms with Crippen LogP contribution in [0.15, 0.2) is 18.2 Å². The fourth-order valence-corrected chi connectivity index (χ4v) is 3.99. The van der Waals surface area contributed by atoms with Crippen LogP contribution in [0.2, 0.25) is 5.02 Å². The Morgan fingerprint density at radius 1 is 1.40 bits per heavy atom. The van der Waals surface area contributed by atoms with E-state index in [0.29, 0.717) is 6.04 Å². The largest absolute Gasteiger partial charge is 0.381 e. The van der Waals surface area contributed by atoms with Gasteiger partial charge in [0.05, 0.1) is 0 Å². The predicted molar refractivity (Wildman–Crippen MR) is 96.7 cm³/mol. The minimum absolute atomic E-state index is 0.522. The molecule has 1 saturated heterocycles. The summed E-state index contributed by atoms with van der Waals surface area (Å²) in [5, 5.41) is 4.48. The molecular weight excluding hydrogens is 383 g/mol. The summed E-state index contributed by atoms with van der Waals surface area (Å²) >= 11 is 8.36. The Labute approximate surface area is 141 Å². The van der Waals surface area contributed by atoms with Crippen LogP contribution in [-0.2, 0) is 0 Å². The van der Waals surface area contributed by atoms with E-state index in [1.807, 2.05) is 12.1 Å². The number of likely N-dealkylation sites (tertiary alicyclic amines) is 1. The third-order valence-corrected chi connectivity index (χ3v) is 5.32. The monoisotopic (exact) mass is 406 g/mol. The van der Waals surface area contributed by atoms with Gasteiger partial charge in [-0.1, -0.05) is 18.5 Å². The normalized spacial score (nSPS) is 19.0. The second-order valence-corrected chi connectivity index (χ2v) is 7.33. The van der Waals surface area contributed by atoms with E-state index in [9.17, 15) is 0 Å². The molecule has 0 saturated carbocycles. The quantitative estimate of drug-likeness (QED) is 0.702. The standard InChI is InChI=1S/C16H24ClIN2/c1-3-8-20-9-6-13(7-10-20)12(2)19-16-5-4-14(17)11-15(16)18/h4-5,11-13,19H,3,6-10H2,1-2H3. The average Bonchev–Trinajstić information content (AvgIpc) is 2.43. The van der Waals surface area contributed by atoms with E-state index in [1.165, 1.54) is 48.2 Å². The zero-order valence-corrected chi connectivity index (χ0v) is 15.2. The topological polar surface area (TPSA) is 15.3 Å². The number of nitrogens with zero attached hydrogens (tertiary/aromatic N) is 1. The lowest BCUT2D eigenvalue weighted by molar-refractivity contribution is 0.176. The molecule has 1 aliphatic rings. The van der Waals surface area contributed by atoms with Gasteiger partial charge in [-0.3, -0.25) is 0 Å². The maximum Gasteiger partial charge on any atom is 0.0479 e. The van der Waals surface area contributed by atoms with Crippen LogP contribution in [0.4, 0.5) is 5.69 Å². The number of hydrogen-bond acceptors (Lipinski definition) is 2.